The second-order valence-corrected chi connectivity index (χ2v) is 9.20. The van der Waals surface area contributed by atoms with E-state index < -0.39 is 0 Å². The van der Waals surface area contributed by atoms with Gasteiger partial charge in [0, 0.05) is 29.9 Å². The number of carbonyl (C=O) groups excluding carboxylic acids is 1. The summed E-state index contributed by atoms with van der Waals surface area (Å²) in [4.78, 5) is 13.9. The predicted octanol–water partition coefficient (Wildman–Crippen LogP) is 2.98. The molecule has 0 aromatic heterocycles. The minimum atomic E-state index is -0.165. The molecule has 0 spiro atoms. The molecule has 2 N–H and O–H groups in total. The summed E-state index contributed by atoms with van der Waals surface area (Å²) in [7, 11) is 1.68. The van der Waals surface area contributed by atoms with Crippen LogP contribution in [0.1, 0.15) is 44.7 Å². The van der Waals surface area contributed by atoms with Gasteiger partial charge in [-0.2, -0.15) is 0 Å². The molecule has 5 heteroatoms. The highest BCUT2D eigenvalue weighted by molar-refractivity contribution is 5.79. The minimum Gasteiger partial charge on any atom is -0.493 e. The van der Waals surface area contributed by atoms with Crippen molar-refractivity contribution in [1.29, 1.82) is 0 Å². The van der Waals surface area contributed by atoms with Crippen LogP contribution in [0.2, 0.25) is 0 Å². The van der Waals surface area contributed by atoms with Crippen LogP contribution in [-0.4, -0.2) is 31.6 Å². The van der Waals surface area contributed by atoms with Crippen LogP contribution in [0.25, 0.3) is 0 Å². The van der Waals surface area contributed by atoms with Crippen LogP contribution in [0, 0.1) is 5.92 Å². The van der Waals surface area contributed by atoms with Gasteiger partial charge in [-0.1, -0.05) is 30.3 Å². The maximum atomic E-state index is 12.4. The molecule has 1 saturated heterocycles. The second kappa shape index (κ2) is 9.98. The number of hydrogen-bond donors (Lipinski definition) is 2. The molecule has 0 bridgehead atoms. The fourth-order valence-electron chi connectivity index (χ4n) is 3.90. The number of quaternary nitrogens is 1. The van der Waals surface area contributed by atoms with E-state index in [-0.39, 0.29) is 17.4 Å². The van der Waals surface area contributed by atoms with E-state index in [0.717, 1.165) is 49.5 Å². The molecule has 162 valence electrons. The Morgan fingerprint density at radius 2 is 1.73 bits per heavy atom. The number of amides is 1. The highest BCUT2D eigenvalue weighted by Crippen LogP contribution is 2.28. The summed E-state index contributed by atoms with van der Waals surface area (Å²) in [5.41, 5.74) is 2.19. The van der Waals surface area contributed by atoms with E-state index >= 15 is 0 Å². The van der Waals surface area contributed by atoms with E-state index in [4.69, 9.17) is 9.47 Å². The molecule has 30 heavy (non-hydrogen) atoms. The number of likely N-dealkylation sites (tertiary alicyclic amines) is 1. The molecule has 1 amide bonds. The minimum absolute atomic E-state index is 0.135. The van der Waals surface area contributed by atoms with Crippen LogP contribution in [0.3, 0.4) is 0 Å². The van der Waals surface area contributed by atoms with Crippen molar-refractivity contribution in [2.45, 2.75) is 52.3 Å². The lowest BCUT2D eigenvalue weighted by Gasteiger charge is -2.31. The van der Waals surface area contributed by atoms with Crippen LogP contribution in [0.5, 0.6) is 11.5 Å². The molecule has 1 aliphatic rings. The first-order chi connectivity index (χ1) is 14.3. The summed E-state index contributed by atoms with van der Waals surface area (Å²) in [5, 5.41) is 3.12. The number of benzene rings is 2. The van der Waals surface area contributed by atoms with E-state index in [0.29, 0.717) is 6.61 Å². The number of carbonyl (C=O) groups is 1. The van der Waals surface area contributed by atoms with E-state index in [2.05, 4.69) is 29.6 Å². The monoisotopic (exact) mass is 411 g/mol. The van der Waals surface area contributed by atoms with Crippen molar-refractivity contribution in [2.75, 3.05) is 20.2 Å². The quantitative estimate of drug-likeness (QED) is 0.737. The smallest absolute Gasteiger partial charge is 0.223 e. The molecule has 1 fully saturated rings. The van der Waals surface area contributed by atoms with Crippen molar-refractivity contribution in [1.82, 2.24) is 5.32 Å². The lowest BCUT2D eigenvalue weighted by Crippen LogP contribution is -3.11. The molecule has 0 radical (unpaired) electrons. The van der Waals surface area contributed by atoms with Gasteiger partial charge in [-0.25, -0.2) is 0 Å². The van der Waals surface area contributed by atoms with Gasteiger partial charge in [-0.05, 0) is 44.5 Å². The summed E-state index contributed by atoms with van der Waals surface area (Å²) < 4.78 is 11.5. The number of methoxy groups -OCH3 is 1. The van der Waals surface area contributed by atoms with Crippen molar-refractivity contribution in [3.63, 3.8) is 0 Å². The first kappa shape index (κ1) is 22.2. The van der Waals surface area contributed by atoms with Gasteiger partial charge in [0.15, 0.2) is 11.5 Å². The Labute approximate surface area is 180 Å². The third-order valence-electron chi connectivity index (χ3n) is 5.48. The first-order valence-corrected chi connectivity index (χ1v) is 10.8. The molecule has 1 heterocycles. The van der Waals surface area contributed by atoms with Gasteiger partial charge in [-0.3, -0.25) is 4.79 Å². The van der Waals surface area contributed by atoms with Gasteiger partial charge in [0.1, 0.15) is 13.2 Å². The molecule has 2 aromatic rings. The average Bonchev–Trinajstić information content (AvgIpc) is 2.72. The zero-order chi connectivity index (χ0) is 21.6. The standard InChI is InChI=1S/C25H34N2O3/c1-25(2,3)26-24(28)21-12-14-27(15-13-21)17-20-10-11-22(23(16-20)29-4)30-18-19-8-6-5-7-9-19/h5-11,16,21H,12-15,17-18H2,1-4H3,(H,26,28)/p+1. The predicted molar refractivity (Wildman–Crippen MR) is 119 cm³/mol. The van der Waals surface area contributed by atoms with E-state index in [9.17, 15) is 4.79 Å². The lowest BCUT2D eigenvalue weighted by molar-refractivity contribution is -0.919. The maximum Gasteiger partial charge on any atom is 0.223 e. The summed E-state index contributed by atoms with van der Waals surface area (Å²) in [5.74, 6) is 1.86. The van der Waals surface area contributed by atoms with Crippen LogP contribution < -0.4 is 19.7 Å². The lowest BCUT2D eigenvalue weighted by atomic mass is 9.94. The van der Waals surface area contributed by atoms with E-state index in [1.807, 2.05) is 45.0 Å². The number of ether oxygens (including phenoxy) is 2. The van der Waals surface area contributed by atoms with Gasteiger partial charge in [-0.15, -0.1) is 0 Å². The van der Waals surface area contributed by atoms with Gasteiger partial charge >= 0.3 is 0 Å². The van der Waals surface area contributed by atoms with Gasteiger partial charge in [0.2, 0.25) is 5.91 Å². The van der Waals surface area contributed by atoms with Crippen molar-refractivity contribution in [3.05, 3.63) is 59.7 Å². The summed E-state index contributed by atoms with van der Waals surface area (Å²) in [6.07, 6.45) is 1.87. The highest BCUT2D eigenvalue weighted by atomic mass is 16.5. The third kappa shape index (κ3) is 6.49. The average molecular weight is 412 g/mol. The SMILES string of the molecule is COc1cc(C[NH+]2CCC(C(=O)NC(C)(C)C)CC2)ccc1OCc1ccccc1. The fourth-order valence-corrected chi connectivity index (χ4v) is 3.90. The van der Waals surface area contributed by atoms with Crippen LogP contribution in [-0.2, 0) is 17.9 Å². The van der Waals surface area contributed by atoms with Crippen LogP contribution in [0.4, 0.5) is 0 Å². The van der Waals surface area contributed by atoms with Crippen molar-refractivity contribution >= 4 is 5.91 Å². The number of piperidine rings is 1. The first-order valence-electron chi connectivity index (χ1n) is 10.8. The van der Waals surface area contributed by atoms with Crippen molar-refractivity contribution in [2.24, 2.45) is 5.92 Å². The number of nitrogens with one attached hydrogen (secondary N) is 2. The molecule has 0 saturated carbocycles. The van der Waals surface area contributed by atoms with E-state index in [1.54, 1.807) is 7.11 Å². The Bertz CT molecular complexity index is 822. The van der Waals surface area contributed by atoms with Gasteiger partial charge in [0.05, 0.1) is 20.2 Å². The molecule has 0 atom stereocenters. The van der Waals surface area contributed by atoms with Crippen molar-refractivity contribution < 1.29 is 19.2 Å². The van der Waals surface area contributed by atoms with Gasteiger partial charge in [0.25, 0.3) is 0 Å². The van der Waals surface area contributed by atoms with E-state index in [1.165, 1.54) is 10.5 Å². The molecule has 1 aliphatic heterocycles. The Morgan fingerprint density at radius 1 is 1.03 bits per heavy atom. The molecule has 0 unspecified atom stereocenters. The zero-order valence-electron chi connectivity index (χ0n) is 18.7. The van der Waals surface area contributed by atoms with Crippen LogP contribution in [0.15, 0.2) is 48.5 Å². The normalized spacial score (nSPS) is 19.2. The molecule has 0 aliphatic carbocycles. The summed E-state index contributed by atoms with van der Waals surface area (Å²) in [6.45, 7) is 9.58. The Balaban J connectivity index is 1.53. The van der Waals surface area contributed by atoms with Crippen LogP contribution >= 0.6 is 0 Å². The fraction of sp³-hybridized carbons (Fsp3) is 0.480. The molecular formula is C25H35N2O3+. The summed E-state index contributed by atoms with van der Waals surface area (Å²) in [6, 6.07) is 16.3. The number of rotatable bonds is 7. The second-order valence-electron chi connectivity index (χ2n) is 9.20. The molecular weight excluding hydrogens is 376 g/mol. The number of hydrogen-bond acceptors (Lipinski definition) is 3. The third-order valence-corrected chi connectivity index (χ3v) is 5.48. The Morgan fingerprint density at radius 3 is 2.37 bits per heavy atom. The zero-order valence-corrected chi connectivity index (χ0v) is 18.7. The Kier molecular flexibility index (Phi) is 7.38. The summed E-state index contributed by atoms with van der Waals surface area (Å²) >= 11 is 0. The largest absolute Gasteiger partial charge is 0.493 e. The maximum absolute atomic E-state index is 12.4. The van der Waals surface area contributed by atoms with Gasteiger partial charge < -0.3 is 19.7 Å². The Hall–Kier alpha value is -2.53. The topological polar surface area (TPSA) is 52.0 Å². The highest BCUT2D eigenvalue weighted by Gasteiger charge is 2.29. The molecule has 2 aromatic carbocycles. The molecule has 3 rings (SSSR count). The van der Waals surface area contributed by atoms with Crippen molar-refractivity contribution in [3.8, 4) is 11.5 Å². The molecule has 5 nitrogen and oxygen atoms in total.